The lowest BCUT2D eigenvalue weighted by Gasteiger charge is -2.11. The van der Waals surface area contributed by atoms with Crippen molar-refractivity contribution < 1.29 is 15.0 Å². The number of nitriles is 1. The van der Waals surface area contributed by atoms with Gasteiger partial charge in [-0.2, -0.15) is 5.26 Å². The number of aliphatic hydroxyl groups excluding tert-OH is 1. The molecular weight excluding hydrogens is 302 g/mol. The number of rotatable bonds is 5. The highest BCUT2D eigenvalue weighted by atomic mass is 35.5. The molecule has 2 aromatic rings. The molecule has 2 N–H and O–H groups in total. The van der Waals surface area contributed by atoms with E-state index in [4.69, 9.17) is 22.0 Å². The number of halogens is 1. The molecule has 4 nitrogen and oxygen atoms in total. The summed E-state index contributed by atoms with van der Waals surface area (Å²) in [6, 6.07) is 14.3. The first-order valence-corrected chi connectivity index (χ1v) is 7.09. The molecule has 0 aromatic heterocycles. The first-order valence-electron chi connectivity index (χ1n) is 6.71. The van der Waals surface area contributed by atoms with Crippen LogP contribution in [0.25, 0.3) is 11.1 Å². The number of hydrogen-bond donors (Lipinski definition) is 2. The zero-order chi connectivity index (χ0) is 16.1. The van der Waals surface area contributed by atoms with E-state index >= 15 is 0 Å². The first-order chi connectivity index (χ1) is 10.5. The Morgan fingerprint density at radius 3 is 2.50 bits per heavy atom. The van der Waals surface area contributed by atoms with E-state index in [1.165, 1.54) is 0 Å². The van der Waals surface area contributed by atoms with Crippen molar-refractivity contribution in [1.29, 1.82) is 5.26 Å². The van der Waals surface area contributed by atoms with Gasteiger partial charge in [-0.15, -0.1) is 0 Å². The third-order valence-electron chi connectivity index (χ3n) is 3.34. The lowest BCUT2D eigenvalue weighted by molar-refractivity contribution is -0.137. The molecule has 5 heteroatoms. The van der Waals surface area contributed by atoms with Crippen LogP contribution in [-0.4, -0.2) is 16.2 Å². The standard InChI is InChI=1S/C17H14ClNO3/c18-14-5-6-15(13(9-14)10-19)11-1-3-12(4-2-11)16(20)7-8-17(21)22/h1-6,9,16,20H,7-8H2,(H,21,22). The maximum absolute atomic E-state index is 10.5. The molecule has 2 rings (SSSR count). The van der Waals surface area contributed by atoms with Gasteiger partial charge in [0.05, 0.1) is 17.7 Å². The molecule has 0 spiro atoms. The SMILES string of the molecule is N#Cc1cc(Cl)ccc1-c1ccc(C(O)CCC(=O)O)cc1. The molecule has 0 radical (unpaired) electrons. The van der Waals surface area contributed by atoms with Crippen molar-refractivity contribution in [3.63, 3.8) is 0 Å². The minimum Gasteiger partial charge on any atom is -0.481 e. The first kappa shape index (κ1) is 16.0. The second kappa shape index (κ2) is 7.08. The van der Waals surface area contributed by atoms with Crippen LogP contribution < -0.4 is 0 Å². The van der Waals surface area contributed by atoms with Crippen LogP contribution in [0.2, 0.25) is 5.02 Å². The van der Waals surface area contributed by atoms with Crippen LogP contribution in [0.3, 0.4) is 0 Å². The van der Waals surface area contributed by atoms with Crippen molar-refractivity contribution in [3.8, 4) is 17.2 Å². The molecule has 2 aromatic carbocycles. The zero-order valence-electron chi connectivity index (χ0n) is 11.7. The molecule has 0 saturated carbocycles. The summed E-state index contributed by atoms with van der Waals surface area (Å²) in [5, 5.41) is 28.2. The van der Waals surface area contributed by atoms with Gasteiger partial charge < -0.3 is 10.2 Å². The number of nitrogens with zero attached hydrogens (tertiary/aromatic N) is 1. The van der Waals surface area contributed by atoms with Crippen molar-refractivity contribution in [2.45, 2.75) is 18.9 Å². The number of carboxylic acid groups (broad SMARTS) is 1. The molecular formula is C17H14ClNO3. The van der Waals surface area contributed by atoms with Gasteiger partial charge >= 0.3 is 5.97 Å². The lowest BCUT2D eigenvalue weighted by Crippen LogP contribution is -2.02. The molecule has 22 heavy (non-hydrogen) atoms. The Morgan fingerprint density at radius 1 is 1.23 bits per heavy atom. The zero-order valence-corrected chi connectivity index (χ0v) is 12.4. The van der Waals surface area contributed by atoms with Crippen LogP contribution >= 0.6 is 11.6 Å². The summed E-state index contributed by atoms with van der Waals surface area (Å²) >= 11 is 5.88. The Morgan fingerprint density at radius 2 is 1.91 bits per heavy atom. The van der Waals surface area contributed by atoms with E-state index in [0.717, 1.165) is 11.1 Å². The summed E-state index contributed by atoms with van der Waals surface area (Å²) in [4.78, 5) is 10.5. The minimum atomic E-state index is -0.935. The van der Waals surface area contributed by atoms with Crippen molar-refractivity contribution in [2.24, 2.45) is 0 Å². The third-order valence-corrected chi connectivity index (χ3v) is 3.58. The average Bonchev–Trinajstić information content (AvgIpc) is 2.52. The predicted octanol–water partition coefficient (Wildman–Crippen LogP) is 3.78. The number of aliphatic carboxylic acids is 1. The van der Waals surface area contributed by atoms with E-state index in [9.17, 15) is 9.90 Å². The third kappa shape index (κ3) is 3.85. The summed E-state index contributed by atoms with van der Waals surface area (Å²) in [5.41, 5.74) is 2.73. The fourth-order valence-electron chi connectivity index (χ4n) is 2.17. The molecule has 0 heterocycles. The van der Waals surface area contributed by atoms with Crippen molar-refractivity contribution in [2.75, 3.05) is 0 Å². The normalized spacial score (nSPS) is 11.7. The van der Waals surface area contributed by atoms with Crippen LogP contribution in [0.1, 0.15) is 30.1 Å². The molecule has 0 bridgehead atoms. The quantitative estimate of drug-likeness (QED) is 0.879. The summed E-state index contributed by atoms with van der Waals surface area (Å²) in [6.07, 6.45) is -0.733. The van der Waals surface area contributed by atoms with Crippen LogP contribution in [0.5, 0.6) is 0 Å². The second-order valence-corrected chi connectivity index (χ2v) is 5.31. The van der Waals surface area contributed by atoms with E-state index in [0.29, 0.717) is 16.1 Å². The maximum atomic E-state index is 10.5. The van der Waals surface area contributed by atoms with Crippen molar-refractivity contribution in [1.82, 2.24) is 0 Å². The highest BCUT2D eigenvalue weighted by Crippen LogP contribution is 2.28. The van der Waals surface area contributed by atoms with Crippen molar-refractivity contribution in [3.05, 3.63) is 58.6 Å². The molecule has 112 valence electrons. The smallest absolute Gasteiger partial charge is 0.303 e. The van der Waals surface area contributed by atoms with E-state index in [-0.39, 0.29) is 12.8 Å². The van der Waals surface area contributed by atoms with Gasteiger partial charge in [-0.1, -0.05) is 41.9 Å². The molecule has 0 aliphatic heterocycles. The Balaban J connectivity index is 2.22. The highest BCUT2D eigenvalue weighted by molar-refractivity contribution is 6.30. The van der Waals surface area contributed by atoms with E-state index in [1.54, 1.807) is 42.5 Å². The fourth-order valence-corrected chi connectivity index (χ4v) is 2.34. The van der Waals surface area contributed by atoms with Gasteiger partial charge in [-0.3, -0.25) is 4.79 Å². The molecule has 1 atom stereocenters. The number of carbonyl (C=O) groups is 1. The molecule has 0 saturated heterocycles. The number of hydrogen-bond acceptors (Lipinski definition) is 3. The second-order valence-electron chi connectivity index (χ2n) is 4.87. The highest BCUT2D eigenvalue weighted by Gasteiger charge is 2.11. The Labute approximate surface area is 133 Å². The van der Waals surface area contributed by atoms with Crippen LogP contribution in [-0.2, 0) is 4.79 Å². The van der Waals surface area contributed by atoms with Gasteiger partial charge in [0.1, 0.15) is 0 Å². The van der Waals surface area contributed by atoms with Gasteiger partial charge in [0.25, 0.3) is 0 Å². The Kier molecular flexibility index (Phi) is 5.16. The van der Waals surface area contributed by atoms with E-state index in [2.05, 4.69) is 6.07 Å². The summed E-state index contributed by atoms with van der Waals surface area (Å²) < 4.78 is 0. The van der Waals surface area contributed by atoms with Gasteiger partial charge in [0.2, 0.25) is 0 Å². The van der Waals surface area contributed by atoms with Crippen LogP contribution in [0, 0.1) is 11.3 Å². The minimum absolute atomic E-state index is 0.0846. The summed E-state index contributed by atoms with van der Waals surface area (Å²) in [5.74, 6) is -0.935. The largest absolute Gasteiger partial charge is 0.481 e. The number of benzene rings is 2. The number of aliphatic hydroxyl groups is 1. The van der Waals surface area contributed by atoms with E-state index < -0.39 is 12.1 Å². The molecule has 0 fully saturated rings. The monoisotopic (exact) mass is 315 g/mol. The van der Waals surface area contributed by atoms with E-state index in [1.807, 2.05) is 0 Å². The van der Waals surface area contributed by atoms with Crippen LogP contribution in [0.4, 0.5) is 0 Å². The van der Waals surface area contributed by atoms with Gasteiger partial charge in [-0.05, 0) is 35.2 Å². The average molecular weight is 316 g/mol. The molecule has 0 amide bonds. The summed E-state index contributed by atoms with van der Waals surface area (Å²) in [6.45, 7) is 0. The topological polar surface area (TPSA) is 81.3 Å². The predicted molar refractivity (Wildman–Crippen MR) is 83.4 cm³/mol. The van der Waals surface area contributed by atoms with Gasteiger partial charge in [0.15, 0.2) is 0 Å². The number of carboxylic acids is 1. The maximum Gasteiger partial charge on any atom is 0.303 e. The molecule has 0 aliphatic carbocycles. The van der Waals surface area contributed by atoms with Gasteiger partial charge in [-0.25, -0.2) is 0 Å². The lowest BCUT2D eigenvalue weighted by atomic mass is 9.97. The Bertz CT molecular complexity index is 720. The van der Waals surface area contributed by atoms with Crippen LogP contribution in [0.15, 0.2) is 42.5 Å². The molecule has 0 aliphatic rings. The van der Waals surface area contributed by atoms with Gasteiger partial charge in [0, 0.05) is 11.4 Å². The fraction of sp³-hybridized carbons (Fsp3) is 0.176. The summed E-state index contributed by atoms with van der Waals surface area (Å²) in [7, 11) is 0. The van der Waals surface area contributed by atoms with Crippen molar-refractivity contribution >= 4 is 17.6 Å². The molecule has 1 unspecified atom stereocenters. The Hall–Kier alpha value is -2.35.